The Morgan fingerprint density at radius 1 is 0.526 bits per heavy atom. The summed E-state index contributed by atoms with van der Waals surface area (Å²) in [4.78, 5) is 36.8. The number of quaternary nitrogens is 1. The van der Waals surface area contributed by atoms with E-state index in [2.05, 4.69) is 62.5 Å². The molecule has 0 aliphatic rings. The smallest absolute Gasteiger partial charge is 0.306 e. The van der Waals surface area contributed by atoms with E-state index in [-0.39, 0.29) is 42.7 Å². The number of hydrogen-bond donors (Lipinski definition) is 0. The molecule has 8 nitrogen and oxygen atoms in total. The minimum atomic E-state index is -1.13. The van der Waals surface area contributed by atoms with E-state index >= 15 is 0 Å². The predicted octanol–water partition coefficient (Wildman–Crippen LogP) is 11.5. The molecular formula is C49H87NO7. The summed E-state index contributed by atoms with van der Waals surface area (Å²) in [6.45, 7) is 4.58. The van der Waals surface area contributed by atoms with Crippen LogP contribution in [0.15, 0.2) is 48.6 Å². The summed E-state index contributed by atoms with van der Waals surface area (Å²) in [5, 5.41) is 11.6. The van der Waals surface area contributed by atoms with Crippen molar-refractivity contribution in [2.45, 2.75) is 206 Å². The summed E-state index contributed by atoms with van der Waals surface area (Å²) in [6.07, 6.45) is 47.1. The van der Waals surface area contributed by atoms with Gasteiger partial charge in [0.05, 0.1) is 40.3 Å². The van der Waals surface area contributed by atoms with Crippen LogP contribution in [-0.2, 0) is 28.6 Å². The third kappa shape index (κ3) is 38.6. The van der Waals surface area contributed by atoms with E-state index in [0.717, 1.165) is 70.6 Å². The lowest BCUT2D eigenvalue weighted by Gasteiger charge is -2.34. The van der Waals surface area contributed by atoms with E-state index < -0.39 is 18.1 Å². The zero-order valence-electron chi connectivity index (χ0n) is 37.5. The highest BCUT2D eigenvalue weighted by Gasteiger charge is 2.25. The Hall–Kier alpha value is -2.71. The van der Waals surface area contributed by atoms with Gasteiger partial charge in [-0.2, -0.15) is 0 Å². The Morgan fingerprint density at radius 2 is 0.947 bits per heavy atom. The Labute approximate surface area is 350 Å². The number of likely N-dealkylation sites (N-methyl/N-ethyl adjacent to an activating group) is 1. The van der Waals surface area contributed by atoms with Gasteiger partial charge < -0.3 is 28.6 Å². The topological polar surface area (TPSA) is 102 Å². The number of nitrogens with zero attached hydrogens (tertiary/aromatic N) is 1. The number of aliphatic carboxylic acids is 1. The summed E-state index contributed by atoms with van der Waals surface area (Å²) >= 11 is 0. The normalized spacial score (nSPS) is 13.4. The fourth-order valence-electron chi connectivity index (χ4n) is 6.53. The third-order valence-corrected chi connectivity index (χ3v) is 10.2. The summed E-state index contributed by atoms with van der Waals surface area (Å²) < 4.78 is 17.2. The molecule has 0 aliphatic carbocycles. The quantitative estimate of drug-likeness (QED) is 0.0262. The molecule has 0 aromatic carbocycles. The summed E-state index contributed by atoms with van der Waals surface area (Å²) in [6, 6.07) is -0.728. The van der Waals surface area contributed by atoms with E-state index in [1.54, 1.807) is 21.1 Å². The number of carbonyl (C=O) groups excluding carboxylic acids is 3. The molecule has 0 aromatic heterocycles. The fraction of sp³-hybridized carbons (Fsp3) is 0.776. The van der Waals surface area contributed by atoms with Crippen LogP contribution in [0.4, 0.5) is 0 Å². The van der Waals surface area contributed by atoms with Gasteiger partial charge in [-0.3, -0.25) is 9.59 Å². The predicted molar refractivity (Wildman–Crippen MR) is 236 cm³/mol. The van der Waals surface area contributed by atoms with Gasteiger partial charge in [0.2, 0.25) is 0 Å². The van der Waals surface area contributed by atoms with Crippen molar-refractivity contribution in [3.63, 3.8) is 0 Å². The highest BCUT2D eigenvalue weighted by atomic mass is 16.6. The second-order valence-corrected chi connectivity index (χ2v) is 16.6. The molecule has 0 amide bonds. The van der Waals surface area contributed by atoms with Gasteiger partial charge in [-0.15, -0.1) is 0 Å². The van der Waals surface area contributed by atoms with Crippen molar-refractivity contribution >= 4 is 17.9 Å². The number of unbranched alkanes of at least 4 members (excludes halogenated alkanes) is 19. The molecule has 8 heteroatoms. The van der Waals surface area contributed by atoms with Crippen LogP contribution in [0.3, 0.4) is 0 Å². The lowest BCUT2D eigenvalue weighted by Crippen LogP contribution is -2.55. The van der Waals surface area contributed by atoms with Crippen LogP contribution < -0.4 is 5.11 Å². The van der Waals surface area contributed by atoms with Crippen LogP contribution in [0, 0.1) is 0 Å². The fourth-order valence-corrected chi connectivity index (χ4v) is 6.53. The van der Waals surface area contributed by atoms with Crippen molar-refractivity contribution in [3.8, 4) is 0 Å². The molecule has 2 unspecified atom stereocenters. The molecule has 0 N–H and O–H groups in total. The maximum atomic E-state index is 12.7. The maximum Gasteiger partial charge on any atom is 0.306 e. The van der Waals surface area contributed by atoms with Gasteiger partial charge in [-0.05, 0) is 70.6 Å². The molecule has 0 saturated carbocycles. The first kappa shape index (κ1) is 54.3. The van der Waals surface area contributed by atoms with Crippen molar-refractivity contribution in [1.82, 2.24) is 0 Å². The zero-order chi connectivity index (χ0) is 42.1. The first-order valence-corrected chi connectivity index (χ1v) is 23.2. The SMILES string of the molecule is CCCC/C=C/CCCCCCCC(=O)OCC(COCCC(C(=O)[O-])[N+](C)(C)C)OC(=O)CCCCCCCCCCC/C=C/C/C=C/C/C=C/CCCCC. The number of carboxylic acid groups (broad SMARTS) is 1. The van der Waals surface area contributed by atoms with Crippen LogP contribution in [0.2, 0.25) is 0 Å². The monoisotopic (exact) mass is 802 g/mol. The number of esters is 2. The average molecular weight is 802 g/mol. The minimum absolute atomic E-state index is 0.0355. The summed E-state index contributed by atoms with van der Waals surface area (Å²) in [5.41, 5.74) is 0. The zero-order valence-corrected chi connectivity index (χ0v) is 37.5. The average Bonchev–Trinajstić information content (AvgIpc) is 3.17. The van der Waals surface area contributed by atoms with Gasteiger partial charge in [0.1, 0.15) is 12.6 Å². The molecule has 0 bridgehead atoms. The molecule has 0 radical (unpaired) electrons. The molecule has 0 rings (SSSR count). The summed E-state index contributed by atoms with van der Waals surface area (Å²) in [5.74, 6) is -1.75. The van der Waals surface area contributed by atoms with Gasteiger partial charge in [-0.1, -0.05) is 152 Å². The van der Waals surface area contributed by atoms with E-state index in [0.29, 0.717) is 12.8 Å². The van der Waals surface area contributed by atoms with Crippen LogP contribution in [0.5, 0.6) is 0 Å². The summed E-state index contributed by atoms with van der Waals surface area (Å²) in [7, 11) is 5.40. The van der Waals surface area contributed by atoms with E-state index in [9.17, 15) is 19.5 Å². The molecule has 330 valence electrons. The molecule has 0 heterocycles. The Morgan fingerprint density at radius 3 is 1.44 bits per heavy atom. The number of carbonyl (C=O) groups is 3. The number of allylic oxidation sites excluding steroid dienone is 8. The van der Waals surface area contributed by atoms with E-state index in [1.165, 1.54) is 89.9 Å². The lowest BCUT2D eigenvalue weighted by atomic mass is 10.1. The van der Waals surface area contributed by atoms with Crippen molar-refractivity contribution in [2.24, 2.45) is 0 Å². The second kappa shape index (κ2) is 40.1. The molecule has 0 fully saturated rings. The molecule has 0 aliphatic heterocycles. The lowest BCUT2D eigenvalue weighted by molar-refractivity contribution is -0.889. The molecular weight excluding hydrogens is 715 g/mol. The van der Waals surface area contributed by atoms with E-state index in [4.69, 9.17) is 14.2 Å². The van der Waals surface area contributed by atoms with Gasteiger partial charge in [0.15, 0.2) is 6.10 Å². The molecule has 57 heavy (non-hydrogen) atoms. The van der Waals surface area contributed by atoms with Crippen molar-refractivity contribution in [2.75, 3.05) is 41.0 Å². The van der Waals surface area contributed by atoms with Gasteiger partial charge >= 0.3 is 11.9 Å². The second-order valence-electron chi connectivity index (χ2n) is 16.6. The standard InChI is InChI=1S/C49H87NO7/c1-6-8-10-12-14-16-18-19-20-21-22-23-24-25-26-27-28-30-32-34-36-38-40-48(52)57-45(43-55-42-41-46(49(53)54)50(3,4)5)44-56-47(51)39-37-35-33-31-29-17-15-13-11-9-7-2/h13-16,19-20,22-23,45-46H,6-12,17-18,21,24-44H2,1-5H3/b15-13+,16-14+,20-19+,23-22+. The highest BCUT2D eigenvalue weighted by molar-refractivity contribution is 5.70. The Bertz CT molecular complexity index is 1070. The van der Waals surface area contributed by atoms with Gasteiger partial charge in [0.25, 0.3) is 0 Å². The number of carboxylic acids is 1. The molecule has 0 aromatic rings. The van der Waals surface area contributed by atoms with Crippen LogP contribution >= 0.6 is 0 Å². The van der Waals surface area contributed by atoms with Crippen molar-refractivity contribution < 1.29 is 38.2 Å². The number of hydrogen-bond acceptors (Lipinski definition) is 7. The Balaban J connectivity index is 4.27. The van der Waals surface area contributed by atoms with Gasteiger partial charge in [0, 0.05) is 19.3 Å². The number of rotatable bonds is 41. The van der Waals surface area contributed by atoms with Crippen LogP contribution in [-0.4, -0.2) is 75.5 Å². The molecule has 2 atom stereocenters. The highest BCUT2D eigenvalue weighted by Crippen LogP contribution is 2.14. The number of ether oxygens (including phenoxy) is 3. The van der Waals surface area contributed by atoms with Gasteiger partial charge in [-0.25, -0.2) is 0 Å². The van der Waals surface area contributed by atoms with E-state index in [1.807, 2.05) is 0 Å². The third-order valence-electron chi connectivity index (χ3n) is 10.2. The maximum absolute atomic E-state index is 12.7. The molecule has 0 saturated heterocycles. The largest absolute Gasteiger partial charge is 0.544 e. The van der Waals surface area contributed by atoms with Crippen LogP contribution in [0.25, 0.3) is 0 Å². The minimum Gasteiger partial charge on any atom is -0.544 e. The first-order valence-electron chi connectivity index (χ1n) is 23.2. The Kier molecular flexibility index (Phi) is 38.2. The van der Waals surface area contributed by atoms with Crippen LogP contribution in [0.1, 0.15) is 194 Å². The first-order chi connectivity index (χ1) is 27.6. The van der Waals surface area contributed by atoms with Crippen molar-refractivity contribution in [1.29, 1.82) is 0 Å². The van der Waals surface area contributed by atoms with Crippen molar-refractivity contribution in [3.05, 3.63) is 48.6 Å². The molecule has 0 spiro atoms.